The number of rotatable bonds is 7. The van der Waals surface area contributed by atoms with E-state index >= 15 is 0 Å². The molecule has 0 radical (unpaired) electrons. The molecule has 5 rings (SSSR count). The molecule has 1 aromatic carbocycles. The van der Waals surface area contributed by atoms with E-state index in [1.165, 1.54) is 35.0 Å². The SMILES string of the molecule is CC1CN(c2cccnc2)CCN1CCCCc1c[nH]c2ccc(-n3cnnc3)cc12. The Morgan fingerprint density at radius 3 is 2.77 bits per heavy atom. The molecule has 1 unspecified atom stereocenters. The van der Waals surface area contributed by atoms with Gasteiger partial charge in [-0.15, -0.1) is 10.2 Å². The molecule has 31 heavy (non-hydrogen) atoms. The maximum absolute atomic E-state index is 4.27. The van der Waals surface area contributed by atoms with Crippen molar-refractivity contribution in [3.8, 4) is 5.69 Å². The molecular weight excluding hydrogens is 386 g/mol. The smallest absolute Gasteiger partial charge is 0.123 e. The van der Waals surface area contributed by atoms with E-state index < -0.39 is 0 Å². The van der Waals surface area contributed by atoms with E-state index in [2.05, 4.69) is 67.4 Å². The van der Waals surface area contributed by atoms with Crippen LogP contribution in [0.2, 0.25) is 0 Å². The first-order chi connectivity index (χ1) is 15.3. The van der Waals surface area contributed by atoms with E-state index in [1.807, 2.05) is 23.0 Å². The van der Waals surface area contributed by atoms with Crippen molar-refractivity contribution in [3.63, 3.8) is 0 Å². The van der Waals surface area contributed by atoms with Crippen LogP contribution < -0.4 is 4.90 Å². The van der Waals surface area contributed by atoms with E-state index in [1.54, 1.807) is 12.7 Å². The first-order valence-corrected chi connectivity index (χ1v) is 11.1. The third-order valence-electron chi connectivity index (χ3n) is 6.39. The highest BCUT2D eigenvalue weighted by atomic mass is 15.3. The maximum atomic E-state index is 4.27. The molecule has 1 atom stereocenters. The molecule has 7 heteroatoms. The highest BCUT2D eigenvalue weighted by Gasteiger charge is 2.23. The number of hydrogen-bond donors (Lipinski definition) is 1. The number of hydrogen-bond acceptors (Lipinski definition) is 5. The first-order valence-electron chi connectivity index (χ1n) is 11.1. The molecule has 0 saturated carbocycles. The maximum Gasteiger partial charge on any atom is 0.123 e. The molecule has 1 saturated heterocycles. The van der Waals surface area contributed by atoms with Crippen LogP contribution in [0.3, 0.4) is 0 Å². The average Bonchev–Trinajstić information content (AvgIpc) is 3.48. The Morgan fingerprint density at radius 2 is 1.97 bits per heavy atom. The second-order valence-electron chi connectivity index (χ2n) is 8.41. The fourth-order valence-corrected chi connectivity index (χ4v) is 4.60. The van der Waals surface area contributed by atoms with Gasteiger partial charge in [0.2, 0.25) is 0 Å². The van der Waals surface area contributed by atoms with Crippen molar-refractivity contribution >= 4 is 16.6 Å². The summed E-state index contributed by atoms with van der Waals surface area (Å²) in [5.41, 5.74) is 4.91. The number of H-pyrrole nitrogens is 1. The minimum atomic E-state index is 0.563. The van der Waals surface area contributed by atoms with Gasteiger partial charge in [-0.05, 0) is 68.6 Å². The lowest BCUT2D eigenvalue weighted by Gasteiger charge is -2.41. The monoisotopic (exact) mass is 415 g/mol. The molecule has 1 N–H and O–H groups in total. The molecule has 0 aliphatic carbocycles. The number of nitrogens with zero attached hydrogens (tertiary/aromatic N) is 6. The van der Waals surface area contributed by atoms with Crippen LogP contribution in [-0.2, 0) is 6.42 Å². The Balaban J connectivity index is 1.14. The topological polar surface area (TPSA) is 65.9 Å². The molecule has 1 aliphatic rings. The second kappa shape index (κ2) is 8.89. The Labute approximate surface area is 182 Å². The van der Waals surface area contributed by atoms with Gasteiger partial charge in [0.1, 0.15) is 12.7 Å². The van der Waals surface area contributed by atoms with E-state index in [0.29, 0.717) is 6.04 Å². The van der Waals surface area contributed by atoms with E-state index in [4.69, 9.17) is 0 Å². The summed E-state index contributed by atoms with van der Waals surface area (Å²) < 4.78 is 1.95. The number of anilines is 1. The number of aromatic amines is 1. The summed E-state index contributed by atoms with van der Waals surface area (Å²) in [6, 6.07) is 11.2. The summed E-state index contributed by atoms with van der Waals surface area (Å²) in [7, 11) is 0. The summed E-state index contributed by atoms with van der Waals surface area (Å²) in [4.78, 5) is 12.8. The number of aryl methyl sites for hydroxylation is 1. The van der Waals surface area contributed by atoms with Crippen LogP contribution in [0.5, 0.6) is 0 Å². The molecule has 3 aromatic heterocycles. The number of pyridine rings is 1. The van der Waals surface area contributed by atoms with Crippen molar-refractivity contribution in [2.24, 2.45) is 0 Å². The van der Waals surface area contributed by atoms with Gasteiger partial charge < -0.3 is 9.88 Å². The lowest BCUT2D eigenvalue weighted by atomic mass is 10.1. The van der Waals surface area contributed by atoms with Crippen LogP contribution in [0.1, 0.15) is 25.3 Å². The minimum absolute atomic E-state index is 0.563. The summed E-state index contributed by atoms with van der Waals surface area (Å²) in [6.07, 6.45) is 13.0. The summed E-state index contributed by atoms with van der Waals surface area (Å²) in [5, 5.41) is 9.13. The number of nitrogens with one attached hydrogen (secondary N) is 1. The van der Waals surface area contributed by atoms with Crippen molar-refractivity contribution in [1.29, 1.82) is 0 Å². The van der Waals surface area contributed by atoms with Crippen LogP contribution in [0.25, 0.3) is 16.6 Å². The van der Waals surface area contributed by atoms with Gasteiger partial charge >= 0.3 is 0 Å². The molecule has 160 valence electrons. The van der Waals surface area contributed by atoms with Crippen molar-refractivity contribution in [3.05, 3.63) is 67.1 Å². The number of unbranched alkanes of at least 4 members (excludes halogenated alkanes) is 1. The zero-order chi connectivity index (χ0) is 21.0. The minimum Gasteiger partial charge on any atom is -0.367 e. The Morgan fingerprint density at radius 1 is 1.06 bits per heavy atom. The van der Waals surface area contributed by atoms with E-state index in [9.17, 15) is 0 Å². The van der Waals surface area contributed by atoms with Crippen LogP contribution in [0.4, 0.5) is 5.69 Å². The van der Waals surface area contributed by atoms with Gasteiger partial charge in [0, 0.05) is 54.7 Å². The summed E-state index contributed by atoms with van der Waals surface area (Å²) in [6.45, 7) is 6.76. The van der Waals surface area contributed by atoms with Gasteiger partial charge in [-0.3, -0.25) is 14.5 Å². The zero-order valence-electron chi connectivity index (χ0n) is 18.0. The zero-order valence-corrected chi connectivity index (χ0v) is 18.0. The average molecular weight is 416 g/mol. The highest BCUT2D eigenvalue weighted by Crippen LogP contribution is 2.24. The van der Waals surface area contributed by atoms with E-state index in [-0.39, 0.29) is 0 Å². The predicted molar refractivity (Wildman–Crippen MR) is 124 cm³/mol. The van der Waals surface area contributed by atoms with Crippen molar-refractivity contribution < 1.29 is 0 Å². The largest absolute Gasteiger partial charge is 0.367 e. The fraction of sp³-hybridized carbons (Fsp3) is 0.375. The Kier molecular flexibility index (Phi) is 5.67. The molecule has 7 nitrogen and oxygen atoms in total. The van der Waals surface area contributed by atoms with Crippen LogP contribution in [-0.4, -0.2) is 61.9 Å². The van der Waals surface area contributed by atoms with Gasteiger partial charge in [0.25, 0.3) is 0 Å². The van der Waals surface area contributed by atoms with Gasteiger partial charge in [-0.2, -0.15) is 0 Å². The fourth-order valence-electron chi connectivity index (χ4n) is 4.60. The standard InChI is InChI=1S/C24H29N7/c1-19-16-30(22-6-4-9-25-15-22)12-11-29(19)10-3-2-5-20-14-26-24-8-7-21(13-23(20)24)31-17-27-28-18-31/h4,6-9,13-15,17-19,26H,2-3,5,10-12,16H2,1H3. The third kappa shape index (κ3) is 4.32. The number of aromatic nitrogens is 5. The van der Waals surface area contributed by atoms with Crippen molar-refractivity contribution in [2.45, 2.75) is 32.2 Å². The van der Waals surface area contributed by atoms with E-state index in [0.717, 1.165) is 38.3 Å². The number of piperazine rings is 1. The first kappa shape index (κ1) is 19.8. The van der Waals surface area contributed by atoms with Crippen LogP contribution in [0, 0.1) is 0 Å². The normalized spacial score (nSPS) is 17.5. The molecule has 0 spiro atoms. The van der Waals surface area contributed by atoms with Crippen molar-refractivity contribution in [2.75, 3.05) is 31.1 Å². The molecule has 1 fully saturated rings. The predicted octanol–water partition coefficient (Wildman–Crippen LogP) is 3.68. The third-order valence-corrected chi connectivity index (χ3v) is 6.39. The van der Waals surface area contributed by atoms with Gasteiger partial charge in [-0.25, -0.2) is 0 Å². The quantitative estimate of drug-likeness (QED) is 0.467. The Hall–Kier alpha value is -3.19. The van der Waals surface area contributed by atoms with Crippen LogP contribution >= 0.6 is 0 Å². The molecule has 1 aliphatic heterocycles. The van der Waals surface area contributed by atoms with Gasteiger partial charge in [0.15, 0.2) is 0 Å². The number of fused-ring (bicyclic) bond motifs is 1. The molecular formula is C24H29N7. The Bertz CT molecular complexity index is 1100. The lowest BCUT2D eigenvalue weighted by Crippen LogP contribution is -2.52. The second-order valence-corrected chi connectivity index (χ2v) is 8.41. The molecule has 0 bridgehead atoms. The summed E-state index contributed by atoms with van der Waals surface area (Å²) >= 11 is 0. The number of benzene rings is 1. The van der Waals surface area contributed by atoms with Gasteiger partial charge in [0.05, 0.1) is 11.9 Å². The molecule has 4 heterocycles. The lowest BCUT2D eigenvalue weighted by molar-refractivity contribution is 0.186. The van der Waals surface area contributed by atoms with Crippen molar-refractivity contribution in [1.82, 2.24) is 29.6 Å². The molecule has 4 aromatic rings. The summed E-state index contributed by atoms with van der Waals surface area (Å²) in [5.74, 6) is 0. The molecule has 0 amide bonds. The highest BCUT2D eigenvalue weighted by molar-refractivity contribution is 5.85. The van der Waals surface area contributed by atoms with Crippen LogP contribution in [0.15, 0.2) is 61.6 Å². The van der Waals surface area contributed by atoms with Gasteiger partial charge in [-0.1, -0.05) is 0 Å².